The van der Waals surface area contributed by atoms with Gasteiger partial charge < -0.3 is 8.98 Å². The van der Waals surface area contributed by atoms with Gasteiger partial charge in [0.2, 0.25) is 0 Å². The molecule has 21 heavy (non-hydrogen) atoms. The number of hydrogen-bond donors (Lipinski definition) is 0. The molecule has 2 heterocycles. The number of furan rings is 1. The Morgan fingerprint density at radius 2 is 2.10 bits per heavy atom. The molecule has 0 radical (unpaired) electrons. The molecule has 0 aliphatic heterocycles. The largest absolute Gasteiger partial charge is 0.466 e. The van der Waals surface area contributed by atoms with E-state index in [2.05, 4.69) is 44.5 Å². The molecule has 0 saturated carbocycles. The number of halogens is 2. The maximum atomic E-state index is 6.10. The van der Waals surface area contributed by atoms with Gasteiger partial charge in [-0.15, -0.1) is 11.6 Å². The first-order chi connectivity index (χ1) is 10.0. The molecule has 0 aliphatic carbocycles. The number of aryl methyl sites for hydroxylation is 2. The zero-order valence-corrected chi connectivity index (χ0v) is 14.5. The summed E-state index contributed by atoms with van der Waals surface area (Å²) in [5.41, 5.74) is 3.20. The van der Waals surface area contributed by atoms with Gasteiger partial charge in [-0.1, -0.05) is 15.9 Å². The van der Waals surface area contributed by atoms with E-state index in [4.69, 9.17) is 16.0 Å². The quantitative estimate of drug-likeness (QED) is 0.584. The van der Waals surface area contributed by atoms with Gasteiger partial charge in [-0.3, -0.25) is 0 Å². The Morgan fingerprint density at radius 3 is 2.71 bits per heavy atom. The van der Waals surface area contributed by atoms with Crippen LogP contribution in [0.1, 0.15) is 35.9 Å². The third-order valence-electron chi connectivity index (χ3n) is 3.76. The number of hydrogen-bond acceptors (Lipinski definition) is 2. The van der Waals surface area contributed by atoms with Gasteiger partial charge in [0.05, 0.1) is 23.0 Å². The second-order valence-electron chi connectivity index (χ2n) is 5.21. The summed E-state index contributed by atoms with van der Waals surface area (Å²) >= 11 is 9.63. The summed E-state index contributed by atoms with van der Waals surface area (Å²) in [6, 6.07) is 8.29. The van der Waals surface area contributed by atoms with E-state index in [0.29, 0.717) is 5.88 Å². The van der Waals surface area contributed by atoms with Crippen molar-refractivity contribution in [2.75, 3.05) is 0 Å². The van der Waals surface area contributed by atoms with Crippen molar-refractivity contribution in [3.8, 4) is 0 Å². The maximum Gasteiger partial charge on any atom is 0.125 e. The first-order valence-corrected chi connectivity index (χ1v) is 8.13. The lowest BCUT2D eigenvalue weighted by Gasteiger charge is -2.16. The van der Waals surface area contributed by atoms with Crippen LogP contribution >= 0.6 is 27.5 Å². The van der Waals surface area contributed by atoms with Gasteiger partial charge in [-0.2, -0.15) is 0 Å². The Morgan fingerprint density at radius 1 is 1.33 bits per heavy atom. The van der Waals surface area contributed by atoms with Crippen molar-refractivity contribution in [1.29, 1.82) is 0 Å². The second kappa shape index (κ2) is 5.50. The van der Waals surface area contributed by atoms with E-state index in [0.717, 1.165) is 38.4 Å². The predicted molar refractivity (Wildman–Crippen MR) is 89.0 cm³/mol. The smallest absolute Gasteiger partial charge is 0.125 e. The molecule has 5 heteroatoms. The molecule has 1 unspecified atom stereocenters. The van der Waals surface area contributed by atoms with Crippen molar-refractivity contribution in [2.24, 2.45) is 0 Å². The lowest BCUT2D eigenvalue weighted by molar-refractivity contribution is 0.494. The molecule has 3 nitrogen and oxygen atoms in total. The van der Waals surface area contributed by atoms with Gasteiger partial charge in [-0.25, -0.2) is 4.98 Å². The molecule has 110 valence electrons. The highest BCUT2D eigenvalue weighted by molar-refractivity contribution is 9.10. The monoisotopic (exact) mass is 366 g/mol. The summed E-state index contributed by atoms with van der Waals surface area (Å²) in [6.07, 6.45) is 0. The first-order valence-electron chi connectivity index (χ1n) is 6.80. The van der Waals surface area contributed by atoms with Crippen molar-refractivity contribution >= 4 is 38.6 Å². The average Bonchev–Trinajstić information content (AvgIpc) is 2.97. The van der Waals surface area contributed by atoms with Gasteiger partial charge in [0, 0.05) is 10.0 Å². The Balaban J connectivity index is 2.22. The van der Waals surface area contributed by atoms with E-state index in [-0.39, 0.29) is 6.04 Å². The third kappa shape index (κ3) is 2.51. The Kier molecular flexibility index (Phi) is 3.84. The van der Waals surface area contributed by atoms with E-state index in [1.165, 1.54) is 0 Å². The zero-order chi connectivity index (χ0) is 15.1. The van der Waals surface area contributed by atoms with E-state index in [1.54, 1.807) is 0 Å². The summed E-state index contributed by atoms with van der Waals surface area (Å²) in [6.45, 7) is 6.11. The van der Waals surface area contributed by atoms with Gasteiger partial charge >= 0.3 is 0 Å². The minimum Gasteiger partial charge on any atom is -0.466 e. The van der Waals surface area contributed by atoms with Gasteiger partial charge in [0.15, 0.2) is 0 Å². The van der Waals surface area contributed by atoms with E-state index >= 15 is 0 Å². The zero-order valence-electron chi connectivity index (χ0n) is 12.2. The molecule has 3 rings (SSSR count). The van der Waals surface area contributed by atoms with Crippen LogP contribution in [0.25, 0.3) is 11.0 Å². The van der Waals surface area contributed by atoms with Crippen LogP contribution in [-0.4, -0.2) is 9.55 Å². The van der Waals surface area contributed by atoms with E-state index < -0.39 is 0 Å². The van der Waals surface area contributed by atoms with Gasteiger partial charge in [0.1, 0.15) is 17.3 Å². The Hall–Kier alpha value is -1.26. The van der Waals surface area contributed by atoms with Crippen molar-refractivity contribution in [3.63, 3.8) is 0 Å². The Bertz CT molecular complexity index is 806. The molecule has 0 fully saturated rings. The number of imidazole rings is 1. The highest BCUT2D eigenvalue weighted by Gasteiger charge is 2.20. The van der Waals surface area contributed by atoms with E-state index in [9.17, 15) is 0 Å². The average molecular weight is 368 g/mol. The molecular weight excluding hydrogens is 352 g/mol. The predicted octanol–water partition coefficient (Wildman–Crippen LogP) is 5.36. The van der Waals surface area contributed by atoms with Crippen molar-refractivity contribution < 1.29 is 4.42 Å². The third-order valence-corrected chi connectivity index (χ3v) is 4.49. The molecule has 0 amide bonds. The Labute approximate surface area is 137 Å². The standard InChI is InChI=1S/C16H16BrClN2O/c1-9-6-13(11(3)21-9)10(2)20-15-7-12(17)4-5-14(15)19-16(20)8-18/h4-7,10H,8H2,1-3H3. The van der Waals surface area contributed by atoms with Crippen LogP contribution in [0.5, 0.6) is 0 Å². The minimum absolute atomic E-state index is 0.121. The number of rotatable bonds is 3. The van der Waals surface area contributed by atoms with Crippen LogP contribution in [-0.2, 0) is 5.88 Å². The molecule has 0 N–H and O–H groups in total. The summed E-state index contributed by atoms with van der Waals surface area (Å²) in [4.78, 5) is 4.63. The molecule has 2 aromatic heterocycles. The lowest BCUT2D eigenvalue weighted by Crippen LogP contribution is -2.10. The highest BCUT2D eigenvalue weighted by atomic mass is 79.9. The molecule has 1 aromatic carbocycles. The molecular formula is C16H16BrClN2O. The van der Waals surface area contributed by atoms with Gasteiger partial charge in [0.25, 0.3) is 0 Å². The fourth-order valence-corrected chi connectivity index (χ4v) is 3.38. The van der Waals surface area contributed by atoms with Crippen LogP contribution in [0.4, 0.5) is 0 Å². The number of nitrogens with zero attached hydrogens (tertiary/aromatic N) is 2. The first kappa shape index (κ1) is 14.7. The van der Waals surface area contributed by atoms with Crippen LogP contribution in [0.2, 0.25) is 0 Å². The molecule has 0 aliphatic rings. The number of alkyl halides is 1. The SMILES string of the molecule is Cc1cc(C(C)n2c(CCl)nc3ccc(Br)cc32)c(C)o1. The fraction of sp³-hybridized carbons (Fsp3) is 0.312. The number of benzene rings is 1. The van der Waals surface area contributed by atoms with E-state index in [1.807, 2.05) is 26.0 Å². The summed E-state index contributed by atoms with van der Waals surface area (Å²) in [5, 5.41) is 0. The number of fused-ring (bicyclic) bond motifs is 1. The summed E-state index contributed by atoms with van der Waals surface area (Å²) in [7, 11) is 0. The summed E-state index contributed by atoms with van der Waals surface area (Å²) in [5.74, 6) is 3.12. The highest BCUT2D eigenvalue weighted by Crippen LogP contribution is 2.31. The molecule has 1 atom stereocenters. The normalized spacial score (nSPS) is 13.0. The molecule has 3 aromatic rings. The van der Waals surface area contributed by atoms with Gasteiger partial charge in [-0.05, 0) is 45.0 Å². The second-order valence-corrected chi connectivity index (χ2v) is 6.39. The number of aromatic nitrogens is 2. The molecule has 0 spiro atoms. The van der Waals surface area contributed by atoms with Crippen molar-refractivity contribution in [2.45, 2.75) is 32.7 Å². The minimum atomic E-state index is 0.121. The summed E-state index contributed by atoms with van der Waals surface area (Å²) < 4.78 is 8.88. The van der Waals surface area contributed by atoms with Crippen LogP contribution in [0.15, 0.2) is 33.2 Å². The van der Waals surface area contributed by atoms with Crippen molar-refractivity contribution in [3.05, 3.63) is 51.6 Å². The van der Waals surface area contributed by atoms with Crippen molar-refractivity contribution in [1.82, 2.24) is 9.55 Å². The topological polar surface area (TPSA) is 31.0 Å². The molecule has 0 saturated heterocycles. The fourth-order valence-electron chi connectivity index (χ4n) is 2.85. The lowest BCUT2D eigenvalue weighted by atomic mass is 10.1. The van der Waals surface area contributed by atoms with Crippen LogP contribution in [0.3, 0.4) is 0 Å². The van der Waals surface area contributed by atoms with Crippen LogP contribution in [0, 0.1) is 13.8 Å². The van der Waals surface area contributed by atoms with Crippen LogP contribution < -0.4 is 0 Å². The molecule has 0 bridgehead atoms. The maximum absolute atomic E-state index is 6.10.